The van der Waals surface area contributed by atoms with Crippen molar-refractivity contribution in [1.82, 2.24) is 10.6 Å². The first-order chi connectivity index (χ1) is 8.69. The molecular formula is C12H17N3O3. The molecule has 0 radical (unpaired) electrons. The van der Waals surface area contributed by atoms with Crippen molar-refractivity contribution in [3.05, 3.63) is 11.8 Å². The summed E-state index contributed by atoms with van der Waals surface area (Å²) in [6.45, 7) is 2.55. The van der Waals surface area contributed by atoms with Gasteiger partial charge in [0.15, 0.2) is 5.57 Å². The average molecular weight is 251 g/mol. The number of amides is 1. The Hall–Kier alpha value is -2.03. The van der Waals surface area contributed by atoms with Crippen molar-refractivity contribution in [1.29, 1.82) is 5.26 Å². The van der Waals surface area contributed by atoms with Crippen molar-refractivity contribution >= 4 is 11.9 Å². The van der Waals surface area contributed by atoms with Gasteiger partial charge in [0.1, 0.15) is 12.1 Å². The number of nitriles is 1. The summed E-state index contributed by atoms with van der Waals surface area (Å²) in [5.74, 6) is -0.786. The van der Waals surface area contributed by atoms with Crippen molar-refractivity contribution in [2.45, 2.75) is 32.2 Å². The largest absolute Gasteiger partial charge is 0.462 e. The van der Waals surface area contributed by atoms with Gasteiger partial charge in [-0.2, -0.15) is 5.26 Å². The molecule has 98 valence electrons. The minimum atomic E-state index is -0.679. The number of ether oxygens (including phenoxy) is 1. The van der Waals surface area contributed by atoms with Crippen molar-refractivity contribution < 1.29 is 14.3 Å². The summed E-state index contributed by atoms with van der Waals surface area (Å²) in [5.41, 5.74) is -0.131. The van der Waals surface area contributed by atoms with Gasteiger partial charge in [-0.3, -0.25) is 4.79 Å². The van der Waals surface area contributed by atoms with Crippen molar-refractivity contribution in [3.8, 4) is 6.07 Å². The molecule has 0 aromatic rings. The maximum absolute atomic E-state index is 11.6. The van der Waals surface area contributed by atoms with Crippen molar-refractivity contribution in [2.75, 3.05) is 13.2 Å². The molecule has 1 fully saturated rings. The van der Waals surface area contributed by atoms with Gasteiger partial charge in [-0.05, 0) is 26.2 Å². The molecule has 0 saturated carbocycles. The highest BCUT2D eigenvalue weighted by Gasteiger charge is 2.20. The fourth-order valence-electron chi connectivity index (χ4n) is 1.63. The number of rotatable bonds is 4. The normalized spacial score (nSPS) is 20.3. The fraction of sp³-hybridized carbons (Fsp3) is 0.583. The van der Waals surface area contributed by atoms with Crippen molar-refractivity contribution in [2.24, 2.45) is 0 Å². The standard InChI is InChI=1S/C12H17N3O3/c1-2-18-12(17)9(7-13)8-15-10-5-3-4-6-14-11(10)16/h8,10,15H,2-6H2,1H3,(H,14,16)/b9-8+/t10-/m1/s1. The molecule has 6 heteroatoms. The Bertz CT molecular complexity index is 385. The Morgan fingerprint density at radius 1 is 1.67 bits per heavy atom. The Balaban J connectivity index is 2.62. The first-order valence-corrected chi connectivity index (χ1v) is 6.00. The Morgan fingerprint density at radius 3 is 3.11 bits per heavy atom. The lowest BCUT2D eigenvalue weighted by molar-refractivity contribution is -0.138. The van der Waals surface area contributed by atoms with E-state index in [1.807, 2.05) is 0 Å². The third-order valence-corrected chi connectivity index (χ3v) is 2.58. The van der Waals surface area contributed by atoms with E-state index in [0.717, 1.165) is 12.8 Å². The van der Waals surface area contributed by atoms with Crippen LogP contribution in [0.3, 0.4) is 0 Å². The number of carbonyl (C=O) groups excluding carboxylic acids is 2. The van der Waals surface area contributed by atoms with Crippen LogP contribution in [0, 0.1) is 11.3 Å². The quantitative estimate of drug-likeness (QED) is 0.423. The highest BCUT2D eigenvalue weighted by Crippen LogP contribution is 2.06. The third-order valence-electron chi connectivity index (χ3n) is 2.58. The van der Waals surface area contributed by atoms with E-state index < -0.39 is 12.0 Å². The van der Waals surface area contributed by atoms with Crippen LogP contribution in [-0.4, -0.2) is 31.1 Å². The molecular weight excluding hydrogens is 234 g/mol. The maximum atomic E-state index is 11.6. The molecule has 2 N–H and O–H groups in total. The second-order valence-electron chi connectivity index (χ2n) is 3.90. The molecule has 1 heterocycles. The van der Waals surface area contributed by atoms with Gasteiger partial charge in [-0.25, -0.2) is 4.79 Å². The number of nitrogens with one attached hydrogen (secondary N) is 2. The van der Waals surface area contributed by atoms with E-state index >= 15 is 0 Å². The predicted molar refractivity (Wildman–Crippen MR) is 64.1 cm³/mol. The number of hydrogen-bond acceptors (Lipinski definition) is 5. The molecule has 1 aliphatic rings. The van der Waals surface area contributed by atoms with Gasteiger partial charge in [0, 0.05) is 12.7 Å². The van der Waals surface area contributed by atoms with Crippen LogP contribution in [0.2, 0.25) is 0 Å². The molecule has 1 saturated heterocycles. The van der Waals surface area contributed by atoms with Gasteiger partial charge in [0.05, 0.1) is 6.61 Å². The molecule has 18 heavy (non-hydrogen) atoms. The van der Waals surface area contributed by atoms with Crippen LogP contribution in [0.5, 0.6) is 0 Å². The van der Waals surface area contributed by atoms with Crippen LogP contribution in [0.25, 0.3) is 0 Å². The van der Waals surface area contributed by atoms with Crippen LogP contribution >= 0.6 is 0 Å². The lowest BCUT2D eigenvalue weighted by Crippen LogP contribution is -2.40. The van der Waals surface area contributed by atoms with E-state index in [9.17, 15) is 9.59 Å². The zero-order valence-electron chi connectivity index (χ0n) is 10.4. The summed E-state index contributed by atoms with van der Waals surface area (Å²) in [7, 11) is 0. The molecule has 1 atom stereocenters. The highest BCUT2D eigenvalue weighted by molar-refractivity contribution is 5.92. The topological polar surface area (TPSA) is 91.2 Å². The van der Waals surface area contributed by atoms with Crippen LogP contribution in [0.15, 0.2) is 11.8 Å². The molecule has 0 aliphatic carbocycles. The summed E-state index contributed by atoms with van der Waals surface area (Å²) in [5, 5.41) is 14.4. The van der Waals surface area contributed by atoms with Crippen LogP contribution in [-0.2, 0) is 14.3 Å². The number of nitrogens with zero attached hydrogens (tertiary/aromatic N) is 1. The van der Waals surface area contributed by atoms with Crippen LogP contribution < -0.4 is 10.6 Å². The highest BCUT2D eigenvalue weighted by atomic mass is 16.5. The smallest absolute Gasteiger partial charge is 0.350 e. The lowest BCUT2D eigenvalue weighted by atomic mass is 10.1. The van der Waals surface area contributed by atoms with Crippen LogP contribution in [0.4, 0.5) is 0 Å². The maximum Gasteiger partial charge on any atom is 0.350 e. The number of esters is 1. The molecule has 6 nitrogen and oxygen atoms in total. The summed E-state index contributed by atoms with van der Waals surface area (Å²) in [4.78, 5) is 23.0. The second kappa shape index (κ2) is 7.33. The minimum Gasteiger partial charge on any atom is -0.462 e. The molecule has 0 spiro atoms. The third kappa shape index (κ3) is 4.09. The van der Waals surface area contributed by atoms with E-state index in [2.05, 4.69) is 10.6 Å². The Morgan fingerprint density at radius 2 is 2.44 bits per heavy atom. The van der Waals surface area contributed by atoms with Gasteiger partial charge in [0.25, 0.3) is 0 Å². The summed E-state index contributed by atoms with van der Waals surface area (Å²) < 4.78 is 4.72. The van der Waals surface area contributed by atoms with Gasteiger partial charge in [0.2, 0.25) is 5.91 Å². The fourth-order valence-corrected chi connectivity index (χ4v) is 1.63. The SMILES string of the molecule is CCOC(=O)/C(C#N)=C/N[C@@H]1CCCCNC1=O. The molecule has 0 bridgehead atoms. The molecule has 1 aliphatic heterocycles. The zero-order chi connectivity index (χ0) is 13.4. The van der Waals surface area contributed by atoms with Gasteiger partial charge in [-0.1, -0.05) is 0 Å². The summed E-state index contributed by atoms with van der Waals surface area (Å²) in [6, 6.07) is 1.35. The van der Waals surface area contributed by atoms with Gasteiger partial charge < -0.3 is 15.4 Å². The van der Waals surface area contributed by atoms with E-state index in [1.165, 1.54) is 6.20 Å². The Kier molecular flexibility index (Phi) is 5.71. The number of hydrogen-bond donors (Lipinski definition) is 2. The first kappa shape index (κ1) is 14.0. The van der Waals surface area contributed by atoms with Crippen LogP contribution in [0.1, 0.15) is 26.2 Å². The molecule has 1 rings (SSSR count). The summed E-state index contributed by atoms with van der Waals surface area (Å²) in [6.07, 6.45) is 3.81. The predicted octanol–water partition coefficient (Wildman–Crippen LogP) is 0.215. The molecule has 0 unspecified atom stereocenters. The van der Waals surface area contributed by atoms with Gasteiger partial charge in [-0.15, -0.1) is 0 Å². The minimum absolute atomic E-state index is 0.107. The van der Waals surface area contributed by atoms with E-state index in [4.69, 9.17) is 10.00 Å². The number of carbonyl (C=O) groups is 2. The monoisotopic (exact) mass is 251 g/mol. The van der Waals surface area contributed by atoms with E-state index in [1.54, 1.807) is 13.0 Å². The van der Waals surface area contributed by atoms with E-state index in [0.29, 0.717) is 13.0 Å². The Labute approximate surface area is 106 Å². The second-order valence-corrected chi connectivity index (χ2v) is 3.90. The zero-order valence-corrected chi connectivity index (χ0v) is 10.4. The van der Waals surface area contributed by atoms with Gasteiger partial charge >= 0.3 is 5.97 Å². The first-order valence-electron chi connectivity index (χ1n) is 6.00. The average Bonchev–Trinajstić information content (AvgIpc) is 2.56. The lowest BCUT2D eigenvalue weighted by Gasteiger charge is -2.13. The van der Waals surface area contributed by atoms with Crippen molar-refractivity contribution in [3.63, 3.8) is 0 Å². The van der Waals surface area contributed by atoms with E-state index in [-0.39, 0.29) is 18.1 Å². The molecule has 0 aromatic carbocycles. The summed E-state index contributed by atoms with van der Waals surface area (Å²) >= 11 is 0. The molecule has 1 amide bonds. The molecule has 0 aromatic heterocycles.